The predicted molar refractivity (Wildman–Crippen MR) is 9.16 cm³/mol. The van der Waals surface area contributed by atoms with Crippen LogP contribution in [0.2, 0.25) is 0 Å². The standard InChI is InChI=1S/HNO2.W/c2-1-3;/h(H,2,3);/p-1. The first kappa shape index (κ1) is 8.94. The minimum atomic E-state index is 0. The maximum atomic E-state index is 8.00. The van der Waals surface area contributed by atoms with Crippen molar-refractivity contribution in [2.24, 2.45) is 5.34 Å². The summed E-state index contributed by atoms with van der Waals surface area (Å²) in [4.78, 5) is 8.00. The predicted octanol–water partition coefficient (Wildman–Crippen LogP) is 0.248. The number of rotatable bonds is 0. The van der Waals surface area contributed by atoms with E-state index in [1.807, 2.05) is 0 Å². The van der Waals surface area contributed by atoms with E-state index in [0.29, 0.717) is 0 Å². The van der Waals surface area contributed by atoms with E-state index in [1.165, 1.54) is 0 Å². The van der Waals surface area contributed by atoms with E-state index in [-0.39, 0.29) is 21.1 Å². The molecule has 0 aliphatic heterocycles. The Morgan fingerprint density at radius 3 is 1.75 bits per heavy atom. The Hall–Kier alpha value is 0.0883. The van der Waals surface area contributed by atoms with Crippen molar-refractivity contribution in [3.8, 4) is 0 Å². The molecule has 4 heavy (non-hydrogen) atoms. The minimum Gasteiger partial charge on any atom is -0.444 e. The van der Waals surface area contributed by atoms with Crippen molar-refractivity contribution < 1.29 is 21.1 Å². The van der Waals surface area contributed by atoms with Crippen LogP contribution in [0.25, 0.3) is 0 Å². The molecule has 24 valence electrons. The number of hydrogen-bond donors (Lipinski definition) is 0. The van der Waals surface area contributed by atoms with Gasteiger partial charge in [-0.3, -0.25) is 0 Å². The summed E-state index contributed by atoms with van der Waals surface area (Å²) in [5, 5.41) is 9.00. The van der Waals surface area contributed by atoms with Crippen LogP contribution in [0.3, 0.4) is 0 Å². The van der Waals surface area contributed by atoms with E-state index in [4.69, 9.17) is 10.1 Å². The van der Waals surface area contributed by atoms with Gasteiger partial charge in [-0.1, -0.05) is 0 Å². The van der Waals surface area contributed by atoms with Crippen LogP contribution in [0.15, 0.2) is 5.34 Å². The minimum absolute atomic E-state index is 0. The average Bonchev–Trinajstić information content (AvgIpc) is 0.918. The Morgan fingerprint density at radius 1 is 1.75 bits per heavy atom. The molecule has 0 bridgehead atoms. The molecular formula is NO2W-. The zero-order valence-electron chi connectivity index (χ0n) is 1.67. The second kappa shape index (κ2) is 11.4. The summed E-state index contributed by atoms with van der Waals surface area (Å²) >= 11 is 0. The van der Waals surface area contributed by atoms with Gasteiger partial charge in [0.1, 0.15) is 0 Å². The quantitative estimate of drug-likeness (QED) is 0.442. The molecule has 0 atom stereocenters. The van der Waals surface area contributed by atoms with E-state index >= 15 is 0 Å². The third-order valence-electron chi connectivity index (χ3n) is 0. The summed E-state index contributed by atoms with van der Waals surface area (Å²) in [6, 6.07) is 0. The number of nitrogens with zero attached hydrogens (tertiary/aromatic N) is 1. The molecule has 0 aliphatic rings. The molecule has 0 radical (unpaired) electrons. The molecular weight excluding hydrogens is 230 g/mol. The number of hydrogen-bond acceptors (Lipinski definition) is 3. The van der Waals surface area contributed by atoms with E-state index in [0.717, 1.165) is 5.34 Å². The molecule has 0 aromatic carbocycles. The summed E-state index contributed by atoms with van der Waals surface area (Å²) in [5.74, 6) is 0. The molecule has 0 heterocycles. The third kappa shape index (κ3) is 317. The van der Waals surface area contributed by atoms with Crippen LogP contribution in [0.1, 0.15) is 0 Å². The van der Waals surface area contributed by atoms with Gasteiger partial charge in [-0.2, -0.15) is 0 Å². The molecule has 0 saturated carbocycles. The largest absolute Gasteiger partial charge is 0.444 e. The normalized spacial score (nSPS) is 3.00. The van der Waals surface area contributed by atoms with Gasteiger partial charge < -0.3 is 10.1 Å². The Bertz CT molecular complexity index is 13.5. The van der Waals surface area contributed by atoms with Crippen molar-refractivity contribution in [1.82, 2.24) is 0 Å². The van der Waals surface area contributed by atoms with Crippen LogP contribution in [-0.2, 0) is 21.1 Å². The Labute approximate surface area is 37.2 Å². The smallest absolute Gasteiger partial charge is 0 e. The molecule has 3 nitrogen and oxygen atoms in total. The van der Waals surface area contributed by atoms with Crippen molar-refractivity contribution in [3.63, 3.8) is 0 Å². The molecule has 0 aromatic heterocycles. The molecule has 0 unspecified atom stereocenters. The van der Waals surface area contributed by atoms with Gasteiger partial charge in [0.05, 0.1) is 0 Å². The van der Waals surface area contributed by atoms with Gasteiger partial charge in [-0.05, 0) is 0 Å². The van der Waals surface area contributed by atoms with Gasteiger partial charge in [-0.25, -0.2) is 0 Å². The topological polar surface area (TPSA) is 52.5 Å². The van der Waals surface area contributed by atoms with Gasteiger partial charge in [0.2, 0.25) is 0 Å². The van der Waals surface area contributed by atoms with Crippen LogP contribution in [0, 0.1) is 10.1 Å². The molecule has 0 N–H and O–H groups in total. The monoisotopic (exact) mass is 230 g/mol. The molecule has 0 rings (SSSR count). The van der Waals surface area contributed by atoms with Crippen LogP contribution in [0.5, 0.6) is 0 Å². The second-order valence-corrected chi connectivity index (χ2v) is 0.0745. The van der Waals surface area contributed by atoms with Crippen molar-refractivity contribution in [1.29, 1.82) is 0 Å². The first-order valence-electron chi connectivity index (χ1n) is 0.365. The molecule has 0 fully saturated rings. The summed E-state index contributed by atoms with van der Waals surface area (Å²) in [6.45, 7) is 0. The Kier molecular flexibility index (Phi) is 25.4. The fourth-order valence-corrected chi connectivity index (χ4v) is 0. The SMILES string of the molecule is O=N[O-].[W]. The summed E-state index contributed by atoms with van der Waals surface area (Å²) < 4.78 is 0. The average molecular weight is 230 g/mol. The van der Waals surface area contributed by atoms with Crippen LogP contribution in [0.4, 0.5) is 0 Å². The second-order valence-electron chi connectivity index (χ2n) is 0.0745. The first-order chi connectivity index (χ1) is 1.41. The van der Waals surface area contributed by atoms with Gasteiger partial charge in [0.15, 0.2) is 0 Å². The zero-order valence-corrected chi connectivity index (χ0v) is 4.61. The van der Waals surface area contributed by atoms with Crippen molar-refractivity contribution in [3.05, 3.63) is 10.1 Å². The maximum Gasteiger partial charge on any atom is 0 e. The fraction of sp³-hybridized carbons (Fsp3) is 0. The summed E-state index contributed by atoms with van der Waals surface area (Å²) in [5.41, 5.74) is 0. The van der Waals surface area contributed by atoms with Crippen LogP contribution in [-0.4, -0.2) is 0 Å². The maximum absolute atomic E-state index is 8.00. The summed E-state index contributed by atoms with van der Waals surface area (Å²) in [7, 11) is 0. The molecule has 0 saturated heterocycles. The fourth-order valence-electron chi connectivity index (χ4n) is 0. The molecule has 0 amide bonds. The van der Waals surface area contributed by atoms with Crippen molar-refractivity contribution >= 4 is 0 Å². The van der Waals surface area contributed by atoms with Crippen LogP contribution >= 0.6 is 0 Å². The zero-order chi connectivity index (χ0) is 2.71. The summed E-state index contributed by atoms with van der Waals surface area (Å²) in [6.07, 6.45) is 0. The Balaban J connectivity index is 0. The van der Waals surface area contributed by atoms with Crippen molar-refractivity contribution in [2.75, 3.05) is 0 Å². The van der Waals surface area contributed by atoms with Gasteiger partial charge >= 0.3 is 0 Å². The Morgan fingerprint density at radius 2 is 1.75 bits per heavy atom. The van der Waals surface area contributed by atoms with Gasteiger partial charge in [-0.15, -0.1) is 5.34 Å². The van der Waals surface area contributed by atoms with Crippen LogP contribution < -0.4 is 0 Å². The van der Waals surface area contributed by atoms with E-state index < -0.39 is 0 Å². The third-order valence-corrected chi connectivity index (χ3v) is 0. The first-order valence-corrected chi connectivity index (χ1v) is 0.365. The van der Waals surface area contributed by atoms with Gasteiger partial charge in [0, 0.05) is 21.1 Å². The molecule has 0 aromatic rings. The van der Waals surface area contributed by atoms with Gasteiger partial charge in [0.25, 0.3) is 0 Å². The van der Waals surface area contributed by atoms with E-state index in [2.05, 4.69) is 0 Å². The molecule has 0 aliphatic carbocycles. The van der Waals surface area contributed by atoms with E-state index in [1.54, 1.807) is 0 Å². The molecule has 0 spiro atoms. The van der Waals surface area contributed by atoms with Crippen molar-refractivity contribution in [2.45, 2.75) is 0 Å². The van der Waals surface area contributed by atoms with E-state index in [9.17, 15) is 0 Å². The molecule has 4 heteroatoms.